The van der Waals surface area contributed by atoms with Crippen molar-refractivity contribution in [1.29, 1.82) is 0 Å². The molecule has 2 heteroatoms. The maximum absolute atomic E-state index is 5.70. The summed E-state index contributed by atoms with van der Waals surface area (Å²) >= 11 is 0. The highest BCUT2D eigenvalue weighted by Gasteiger charge is 1.97. The zero-order valence-electron chi connectivity index (χ0n) is 8.16. The molecule has 0 bridgehead atoms. The topological polar surface area (TPSA) is 52.0 Å². The van der Waals surface area contributed by atoms with Crippen molar-refractivity contribution in [1.82, 2.24) is 0 Å². The molecule has 0 heterocycles. The van der Waals surface area contributed by atoms with Gasteiger partial charge >= 0.3 is 0 Å². The van der Waals surface area contributed by atoms with Crippen molar-refractivity contribution in [3.8, 4) is 0 Å². The molecule has 1 aromatic carbocycles. The summed E-state index contributed by atoms with van der Waals surface area (Å²) in [6.45, 7) is 2.74. The van der Waals surface area contributed by atoms with Gasteiger partial charge in [0.2, 0.25) is 0 Å². The molecular weight excluding hydrogens is 160 g/mol. The first-order chi connectivity index (χ1) is 6.22. The van der Waals surface area contributed by atoms with E-state index in [0.29, 0.717) is 6.54 Å². The Labute approximate surface area is 79.9 Å². The standard InChI is InChI=1S/C11H18N2/c1-9(13)8-11-4-2-10(3-5-11)6-7-12/h2-5,9H,6-8,12-13H2,1H3. The SMILES string of the molecule is CC(N)Cc1ccc(CCN)cc1. The molecule has 72 valence electrons. The summed E-state index contributed by atoms with van der Waals surface area (Å²) in [5, 5.41) is 0. The van der Waals surface area contributed by atoms with E-state index in [1.54, 1.807) is 0 Å². The molecule has 2 nitrogen and oxygen atoms in total. The van der Waals surface area contributed by atoms with E-state index in [-0.39, 0.29) is 6.04 Å². The van der Waals surface area contributed by atoms with Crippen LogP contribution in [0, 0.1) is 0 Å². The molecule has 0 spiro atoms. The maximum atomic E-state index is 5.70. The molecule has 1 aromatic rings. The Morgan fingerprint density at radius 1 is 1.15 bits per heavy atom. The first-order valence-corrected chi connectivity index (χ1v) is 4.76. The number of hydrogen-bond donors (Lipinski definition) is 2. The van der Waals surface area contributed by atoms with Crippen LogP contribution in [0.3, 0.4) is 0 Å². The fourth-order valence-electron chi connectivity index (χ4n) is 1.38. The molecule has 0 saturated carbocycles. The fourth-order valence-corrected chi connectivity index (χ4v) is 1.38. The third-order valence-corrected chi connectivity index (χ3v) is 2.01. The molecule has 0 saturated heterocycles. The van der Waals surface area contributed by atoms with Gasteiger partial charge in [-0.25, -0.2) is 0 Å². The Bertz CT molecular complexity index is 239. The van der Waals surface area contributed by atoms with Gasteiger partial charge in [-0.2, -0.15) is 0 Å². The predicted octanol–water partition coefficient (Wildman–Crippen LogP) is 1.08. The van der Waals surface area contributed by atoms with Crippen LogP contribution in [0.15, 0.2) is 24.3 Å². The second-order valence-electron chi connectivity index (χ2n) is 3.54. The van der Waals surface area contributed by atoms with E-state index in [1.807, 2.05) is 6.92 Å². The minimum absolute atomic E-state index is 0.236. The van der Waals surface area contributed by atoms with Gasteiger partial charge in [0.25, 0.3) is 0 Å². The molecule has 0 aliphatic rings. The number of benzene rings is 1. The minimum atomic E-state index is 0.236. The van der Waals surface area contributed by atoms with Gasteiger partial charge in [0, 0.05) is 6.04 Å². The van der Waals surface area contributed by atoms with Crippen molar-refractivity contribution in [3.05, 3.63) is 35.4 Å². The van der Waals surface area contributed by atoms with Crippen LogP contribution in [0.2, 0.25) is 0 Å². The highest BCUT2D eigenvalue weighted by atomic mass is 14.6. The van der Waals surface area contributed by atoms with Crippen molar-refractivity contribution in [2.45, 2.75) is 25.8 Å². The lowest BCUT2D eigenvalue weighted by atomic mass is 10.0. The van der Waals surface area contributed by atoms with Crippen molar-refractivity contribution in [2.24, 2.45) is 11.5 Å². The molecule has 1 rings (SSSR count). The van der Waals surface area contributed by atoms with Crippen LogP contribution >= 0.6 is 0 Å². The Kier molecular flexibility index (Phi) is 3.93. The molecular formula is C11H18N2. The maximum Gasteiger partial charge on any atom is 0.00509 e. The fraction of sp³-hybridized carbons (Fsp3) is 0.455. The molecule has 0 aromatic heterocycles. The highest BCUT2D eigenvalue weighted by molar-refractivity contribution is 5.23. The Balaban J connectivity index is 2.59. The summed E-state index contributed by atoms with van der Waals surface area (Å²) in [5.41, 5.74) is 13.8. The average Bonchev–Trinajstić information content (AvgIpc) is 2.08. The van der Waals surface area contributed by atoms with Crippen LogP contribution in [0.4, 0.5) is 0 Å². The van der Waals surface area contributed by atoms with Crippen molar-refractivity contribution < 1.29 is 0 Å². The third-order valence-electron chi connectivity index (χ3n) is 2.01. The van der Waals surface area contributed by atoms with Gasteiger partial charge in [-0.1, -0.05) is 24.3 Å². The van der Waals surface area contributed by atoms with Crippen LogP contribution < -0.4 is 11.5 Å². The van der Waals surface area contributed by atoms with Crippen LogP contribution in [0.25, 0.3) is 0 Å². The second-order valence-corrected chi connectivity index (χ2v) is 3.54. The molecule has 1 atom stereocenters. The first kappa shape index (κ1) is 10.2. The van der Waals surface area contributed by atoms with Crippen molar-refractivity contribution in [3.63, 3.8) is 0 Å². The zero-order chi connectivity index (χ0) is 9.68. The van der Waals surface area contributed by atoms with Gasteiger partial charge in [0.1, 0.15) is 0 Å². The van der Waals surface area contributed by atoms with Crippen LogP contribution in [-0.4, -0.2) is 12.6 Å². The predicted molar refractivity (Wildman–Crippen MR) is 56.6 cm³/mol. The Morgan fingerprint density at radius 3 is 2.15 bits per heavy atom. The van der Waals surface area contributed by atoms with Crippen LogP contribution in [0.1, 0.15) is 18.1 Å². The molecule has 0 amide bonds. The quantitative estimate of drug-likeness (QED) is 0.725. The highest BCUT2D eigenvalue weighted by Crippen LogP contribution is 2.06. The monoisotopic (exact) mass is 178 g/mol. The smallest absolute Gasteiger partial charge is 0.00509 e. The number of hydrogen-bond acceptors (Lipinski definition) is 2. The van der Waals surface area contributed by atoms with E-state index < -0.39 is 0 Å². The summed E-state index contributed by atoms with van der Waals surface area (Å²) in [7, 11) is 0. The minimum Gasteiger partial charge on any atom is -0.330 e. The molecule has 0 aliphatic heterocycles. The molecule has 0 fully saturated rings. The normalized spacial score (nSPS) is 12.8. The lowest BCUT2D eigenvalue weighted by Gasteiger charge is -2.05. The van der Waals surface area contributed by atoms with Crippen molar-refractivity contribution >= 4 is 0 Å². The largest absolute Gasteiger partial charge is 0.330 e. The molecule has 0 radical (unpaired) electrons. The molecule has 13 heavy (non-hydrogen) atoms. The van der Waals surface area contributed by atoms with Crippen molar-refractivity contribution in [2.75, 3.05) is 6.54 Å². The van der Waals surface area contributed by atoms with Crippen LogP contribution in [-0.2, 0) is 12.8 Å². The van der Waals surface area contributed by atoms with Gasteiger partial charge in [0.05, 0.1) is 0 Å². The van der Waals surface area contributed by atoms with Gasteiger partial charge in [-0.05, 0) is 37.4 Å². The van der Waals surface area contributed by atoms with Gasteiger partial charge < -0.3 is 11.5 Å². The third kappa shape index (κ3) is 3.57. The van der Waals surface area contributed by atoms with Crippen LogP contribution in [0.5, 0.6) is 0 Å². The first-order valence-electron chi connectivity index (χ1n) is 4.76. The summed E-state index contributed by atoms with van der Waals surface area (Å²) < 4.78 is 0. The lowest BCUT2D eigenvalue weighted by Crippen LogP contribution is -2.17. The average molecular weight is 178 g/mol. The lowest BCUT2D eigenvalue weighted by molar-refractivity contribution is 0.737. The van der Waals surface area contributed by atoms with E-state index in [4.69, 9.17) is 11.5 Å². The van der Waals surface area contributed by atoms with Gasteiger partial charge in [-0.3, -0.25) is 0 Å². The van der Waals surface area contributed by atoms with E-state index in [2.05, 4.69) is 24.3 Å². The van der Waals surface area contributed by atoms with E-state index >= 15 is 0 Å². The van der Waals surface area contributed by atoms with Gasteiger partial charge in [-0.15, -0.1) is 0 Å². The van der Waals surface area contributed by atoms with E-state index in [9.17, 15) is 0 Å². The Hall–Kier alpha value is -0.860. The molecule has 0 aliphatic carbocycles. The Morgan fingerprint density at radius 2 is 1.69 bits per heavy atom. The van der Waals surface area contributed by atoms with E-state index in [0.717, 1.165) is 12.8 Å². The summed E-state index contributed by atoms with van der Waals surface area (Å²) in [5.74, 6) is 0. The van der Waals surface area contributed by atoms with Gasteiger partial charge in [0.15, 0.2) is 0 Å². The second kappa shape index (κ2) is 5.00. The number of nitrogens with two attached hydrogens (primary N) is 2. The summed E-state index contributed by atoms with van der Waals surface area (Å²) in [6, 6.07) is 8.76. The van der Waals surface area contributed by atoms with E-state index in [1.165, 1.54) is 11.1 Å². The zero-order valence-corrected chi connectivity index (χ0v) is 8.16. The molecule has 4 N–H and O–H groups in total. The molecule has 1 unspecified atom stereocenters. The number of rotatable bonds is 4. The summed E-state index contributed by atoms with van der Waals surface area (Å²) in [4.78, 5) is 0. The summed E-state index contributed by atoms with van der Waals surface area (Å²) in [6.07, 6.45) is 1.90.